The molecule has 0 bridgehead atoms. The number of carbonyl (C=O) groups excluding carboxylic acids is 1. The number of ether oxygens (including phenoxy) is 1. The predicted molar refractivity (Wildman–Crippen MR) is 104 cm³/mol. The van der Waals surface area contributed by atoms with Gasteiger partial charge < -0.3 is 15.0 Å². The second-order valence-corrected chi connectivity index (χ2v) is 6.88. The zero-order valence-electron chi connectivity index (χ0n) is 13.4. The molecule has 0 unspecified atom stereocenters. The van der Waals surface area contributed by atoms with Crippen LogP contribution < -0.4 is 15.0 Å². The van der Waals surface area contributed by atoms with Crippen LogP contribution in [0.5, 0.6) is 5.75 Å². The number of rotatable bonds is 4. The van der Waals surface area contributed by atoms with Gasteiger partial charge in [-0.3, -0.25) is 4.79 Å². The maximum atomic E-state index is 12.6. The molecule has 1 N–H and O–H groups in total. The van der Waals surface area contributed by atoms with E-state index in [0.29, 0.717) is 16.3 Å². The molecule has 2 aromatic rings. The number of aryl methyl sites for hydroxylation is 1. The van der Waals surface area contributed by atoms with Crippen molar-refractivity contribution in [3.05, 3.63) is 50.1 Å². The first-order valence-electron chi connectivity index (χ1n) is 6.96. The van der Waals surface area contributed by atoms with Gasteiger partial charge in [0.15, 0.2) is 0 Å². The van der Waals surface area contributed by atoms with Crippen molar-refractivity contribution in [1.82, 2.24) is 0 Å². The number of methoxy groups -OCH3 is 1. The summed E-state index contributed by atoms with van der Waals surface area (Å²) >= 11 is 8.23. The van der Waals surface area contributed by atoms with E-state index in [4.69, 9.17) is 16.3 Å². The molecule has 122 valence electrons. The average Bonchev–Trinajstić information content (AvgIpc) is 2.51. The van der Waals surface area contributed by atoms with E-state index < -0.39 is 0 Å². The highest BCUT2D eigenvalue weighted by Gasteiger charge is 2.16. The van der Waals surface area contributed by atoms with Crippen LogP contribution in [0.1, 0.15) is 15.9 Å². The summed E-state index contributed by atoms with van der Waals surface area (Å²) in [6, 6.07) is 9.25. The molecule has 0 radical (unpaired) electrons. The lowest BCUT2D eigenvalue weighted by Crippen LogP contribution is -2.15. The maximum Gasteiger partial charge on any atom is 0.259 e. The van der Waals surface area contributed by atoms with Crippen LogP contribution in [0.2, 0.25) is 5.02 Å². The Hall–Kier alpha value is -1.47. The largest absolute Gasteiger partial charge is 0.496 e. The summed E-state index contributed by atoms with van der Waals surface area (Å²) in [5.41, 5.74) is 3.24. The van der Waals surface area contributed by atoms with Crippen LogP contribution in [0.15, 0.2) is 30.3 Å². The van der Waals surface area contributed by atoms with Crippen molar-refractivity contribution in [2.45, 2.75) is 6.92 Å². The molecule has 0 fully saturated rings. The van der Waals surface area contributed by atoms with E-state index >= 15 is 0 Å². The minimum absolute atomic E-state index is 0.249. The number of halogens is 2. The van der Waals surface area contributed by atoms with Crippen LogP contribution in [0.4, 0.5) is 11.4 Å². The van der Waals surface area contributed by atoms with E-state index in [1.165, 1.54) is 7.11 Å². The smallest absolute Gasteiger partial charge is 0.259 e. The molecule has 23 heavy (non-hydrogen) atoms. The maximum absolute atomic E-state index is 12.6. The van der Waals surface area contributed by atoms with Crippen LogP contribution in [-0.4, -0.2) is 27.1 Å². The quantitative estimate of drug-likeness (QED) is 0.702. The lowest BCUT2D eigenvalue weighted by molar-refractivity contribution is 0.102. The number of hydrogen-bond acceptors (Lipinski definition) is 3. The molecule has 0 saturated heterocycles. The molecule has 0 heterocycles. The minimum atomic E-state index is -0.249. The van der Waals surface area contributed by atoms with Gasteiger partial charge in [0.2, 0.25) is 0 Å². The molecular formula is C17H18ClIN2O2. The molecule has 0 spiro atoms. The van der Waals surface area contributed by atoms with Crippen LogP contribution in [0, 0.1) is 10.5 Å². The summed E-state index contributed by atoms with van der Waals surface area (Å²) in [5, 5.41) is 3.44. The number of anilines is 2. The van der Waals surface area contributed by atoms with E-state index in [1.54, 1.807) is 12.1 Å². The third-order valence-corrected chi connectivity index (χ3v) is 4.99. The van der Waals surface area contributed by atoms with Gasteiger partial charge in [-0.1, -0.05) is 11.6 Å². The Balaban J connectivity index is 2.31. The fraction of sp³-hybridized carbons (Fsp3) is 0.235. The Bertz CT molecular complexity index is 748. The Morgan fingerprint density at radius 3 is 2.52 bits per heavy atom. The number of nitrogens with one attached hydrogen (secondary N) is 1. The minimum Gasteiger partial charge on any atom is -0.496 e. The molecule has 0 aromatic heterocycles. The van der Waals surface area contributed by atoms with Crippen LogP contribution in [0.3, 0.4) is 0 Å². The van der Waals surface area contributed by atoms with Crippen LogP contribution >= 0.6 is 34.2 Å². The van der Waals surface area contributed by atoms with Gasteiger partial charge in [-0.05, 0) is 65.4 Å². The molecular weight excluding hydrogens is 427 g/mol. The monoisotopic (exact) mass is 444 g/mol. The molecule has 0 saturated carbocycles. The van der Waals surface area contributed by atoms with E-state index in [-0.39, 0.29) is 5.91 Å². The number of hydrogen-bond donors (Lipinski definition) is 1. The molecule has 0 aliphatic carbocycles. The van der Waals surface area contributed by atoms with Crippen molar-refractivity contribution >= 4 is 51.5 Å². The molecule has 0 atom stereocenters. The van der Waals surface area contributed by atoms with Gasteiger partial charge in [0.1, 0.15) is 5.75 Å². The van der Waals surface area contributed by atoms with E-state index in [2.05, 4.69) is 27.9 Å². The first kappa shape index (κ1) is 17.9. The number of nitrogens with zero attached hydrogens (tertiary/aromatic N) is 1. The van der Waals surface area contributed by atoms with Gasteiger partial charge in [0.25, 0.3) is 5.91 Å². The molecule has 2 aromatic carbocycles. The highest BCUT2D eigenvalue weighted by molar-refractivity contribution is 14.1. The Labute approximate surface area is 154 Å². The van der Waals surface area contributed by atoms with Crippen molar-refractivity contribution in [3.63, 3.8) is 0 Å². The first-order valence-corrected chi connectivity index (χ1v) is 8.41. The number of benzene rings is 2. The fourth-order valence-corrected chi connectivity index (χ4v) is 2.73. The topological polar surface area (TPSA) is 41.6 Å². The number of amides is 1. The number of carbonyl (C=O) groups is 1. The SMILES string of the molecule is COc1cc(I)c(Cl)cc1C(=O)Nc1ccc(N(C)C)cc1C. The molecule has 4 nitrogen and oxygen atoms in total. The van der Waals surface area contributed by atoms with Gasteiger partial charge in [-0.15, -0.1) is 0 Å². The van der Waals surface area contributed by atoms with Gasteiger partial charge >= 0.3 is 0 Å². The molecule has 1 amide bonds. The van der Waals surface area contributed by atoms with E-state index in [1.807, 2.05) is 44.1 Å². The lowest BCUT2D eigenvalue weighted by Gasteiger charge is -2.16. The van der Waals surface area contributed by atoms with Gasteiger partial charge in [-0.25, -0.2) is 0 Å². The average molecular weight is 445 g/mol. The first-order chi connectivity index (χ1) is 10.8. The summed E-state index contributed by atoms with van der Waals surface area (Å²) in [6.45, 7) is 1.96. The van der Waals surface area contributed by atoms with E-state index in [0.717, 1.165) is 20.5 Å². The summed E-state index contributed by atoms with van der Waals surface area (Å²) in [7, 11) is 5.49. The van der Waals surface area contributed by atoms with Gasteiger partial charge in [-0.2, -0.15) is 0 Å². The second kappa shape index (κ2) is 7.40. The molecule has 0 aliphatic heterocycles. The Morgan fingerprint density at radius 1 is 1.26 bits per heavy atom. The zero-order valence-corrected chi connectivity index (χ0v) is 16.3. The van der Waals surface area contributed by atoms with Gasteiger partial charge in [0, 0.05) is 29.0 Å². The predicted octanol–water partition coefficient (Wildman–Crippen LogP) is 4.58. The summed E-state index contributed by atoms with van der Waals surface area (Å²) in [5.74, 6) is 0.250. The van der Waals surface area contributed by atoms with Gasteiger partial charge in [0.05, 0.1) is 17.7 Å². The van der Waals surface area contributed by atoms with Crippen molar-refractivity contribution in [3.8, 4) is 5.75 Å². The third-order valence-electron chi connectivity index (χ3n) is 3.46. The lowest BCUT2D eigenvalue weighted by atomic mass is 10.1. The Morgan fingerprint density at radius 2 is 1.96 bits per heavy atom. The molecule has 6 heteroatoms. The normalized spacial score (nSPS) is 10.3. The highest BCUT2D eigenvalue weighted by Crippen LogP contribution is 2.29. The second-order valence-electron chi connectivity index (χ2n) is 5.31. The van der Waals surface area contributed by atoms with Crippen LogP contribution in [-0.2, 0) is 0 Å². The van der Waals surface area contributed by atoms with Crippen molar-refractivity contribution in [1.29, 1.82) is 0 Å². The van der Waals surface area contributed by atoms with E-state index in [9.17, 15) is 4.79 Å². The fourth-order valence-electron chi connectivity index (χ4n) is 2.13. The summed E-state index contributed by atoms with van der Waals surface area (Å²) in [6.07, 6.45) is 0. The van der Waals surface area contributed by atoms with Crippen molar-refractivity contribution in [2.75, 3.05) is 31.4 Å². The standard InChI is InChI=1S/C17H18ClIN2O2/c1-10-7-11(21(2)3)5-6-15(10)20-17(22)12-8-13(18)14(19)9-16(12)23-4/h5-9H,1-4H3,(H,20,22). The van der Waals surface area contributed by atoms with Crippen LogP contribution in [0.25, 0.3) is 0 Å². The summed E-state index contributed by atoms with van der Waals surface area (Å²) < 4.78 is 6.13. The van der Waals surface area contributed by atoms with Crippen molar-refractivity contribution in [2.24, 2.45) is 0 Å². The van der Waals surface area contributed by atoms with Crippen molar-refractivity contribution < 1.29 is 9.53 Å². The highest BCUT2D eigenvalue weighted by atomic mass is 127. The molecule has 0 aliphatic rings. The Kier molecular flexibility index (Phi) is 5.75. The summed E-state index contributed by atoms with van der Waals surface area (Å²) in [4.78, 5) is 14.6. The zero-order chi connectivity index (χ0) is 17.1. The molecule has 2 rings (SSSR count). The third kappa shape index (κ3) is 4.09.